The number of amides is 1. The molecular formula is C24H22N4O3. The summed E-state index contributed by atoms with van der Waals surface area (Å²) in [7, 11) is 1.64. The second kappa shape index (κ2) is 7.43. The lowest BCUT2D eigenvalue weighted by Gasteiger charge is -2.30. The lowest BCUT2D eigenvalue weighted by atomic mass is 10.0. The van der Waals surface area contributed by atoms with Gasteiger partial charge in [0, 0.05) is 25.8 Å². The Kier molecular flexibility index (Phi) is 4.58. The fourth-order valence-corrected chi connectivity index (χ4v) is 4.15. The van der Waals surface area contributed by atoms with Crippen LogP contribution in [-0.4, -0.2) is 38.6 Å². The van der Waals surface area contributed by atoms with Crippen LogP contribution in [-0.2, 0) is 13.1 Å². The number of nitrogens with zero attached hydrogens (tertiary/aromatic N) is 4. The van der Waals surface area contributed by atoms with Gasteiger partial charge < -0.3 is 18.8 Å². The van der Waals surface area contributed by atoms with Crippen LogP contribution >= 0.6 is 0 Å². The van der Waals surface area contributed by atoms with Gasteiger partial charge in [0.05, 0.1) is 19.1 Å². The van der Waals surface area contributed by atoms with E-state index in [1.165, 1.54) is 0 Å². The molecule has 4 aromatic rings. The first-order chi connectivity index (χ1) is 15.0. The first-order valence-corrected chi connectivity index (χ1v) is 10.1. The van der Waals surface area contributed by atoms with Gasteiger partial charge in [-0.2, -0.15) is 0 Å². The quantitative estimate of drug-likeness (QED) is 0.514. The zero-order chi connectivity index (χ0) is 21.5. The number of hydrogen-bond donors (Lipinski definition) is 0. The third-order valence-corrected chi connectivity index (χ3v) is 5.78. The van der Waals surface area contributed by atoms with E-state index in [2.05, 4.69) is 4.98 Å². The first-order valence-electron chi connectivity index (χ1n) is 10.1. The topological polar surface area (TPSA) is 69.4 Å². The fraction of sp³-hybridized carbons (Fsp3) is 0.208. The zero-order valence-electron chi connectivity index (χ0n) is 17.4. The van der Waals surface area contributed by atoms with E-state index in [1.807, 2.05) is 43.3 Å². The van der Waals surface area contributed by atoms with Gasteiger partial charge in [-0.25, -0.2) is 4.98 Å². The average molecular weight is 414 g/mol. The van der Waals surface area contributed by atoms with E-state index in [0.717, 1.165) is 27.8 Å². The molecule has 156 valence electrons. The number of benzene rings is 2. The number of carbonyl (C=O) groups excluding carboxylic acids is 1. The molecule has 31 heavy (non-hydrogen) atoms. The second-order valence-electron chi connectivity index (χ2n) is 7.71. The van der Waals surface area contributed by atoms with Gasteiger partial charge >= 0.3 is 0 Å². The van der Waals surface area contributed by atoms with Crippen molar-refractivity contribution in [3.8, 4) is 11.4 Å². The molecule has 0 unspecified atom stereocenters. The van der Waals surface area contributed by atoms with Crippen molar-refractivity contribution >= 4 is 16.7 Å². The molecule has 0 bridgehead atoms. The molecule has 0 atom stereocenters. The lowest BCUT2D eigenvalue weighted by Crippen LogP contribution is -2.44. The maximum Gasteiger partial charge on any atom is 0.275 e. The minimum absolute atomic E-state index is 0.142. The molecule has 0 saturated carbocycles. The number of rotatable bonds is 4. The molecule has 3 heterocycles. The average Bonchev–Trinajstić information content (AvgIpc) is 3.22. The predicted octanol–water partition coefficient (Wildman–Crippen LogP) is 3.16. The van der Waals surface area contributed by atoms with Crippen molar-refractivity contribution < 1.29 is 9.53 Å². The number of hydrogen-bond acceptors (Lipinski definition) is 4. The van der Waals surface area contributed by atoms with Crippen molar-refractivity contribution in [2.24, 2.45) is 0 Å². The minimum Gasteiger partial charge on any atom is -0.497 e. The molecule has 1 aliphatic heterocycles. The van der Waals surface area contributed by atoms with E-state index in [4.69, 9.17) is 4.74 Å². The Labute approximate surface area is 179 Å². The van der Waals surface area contributed by atoms with Crippen LogP contribution in [0.1, 0.15) is 21.7 Å². The first kappa shape index (κ1) is 19.1. The normalized spacial score (nSPS) is 13.5. The van der Waals surface area contributed by atoms with Crippen LogP contribution in [0.3, 0.4) is 0 Å². The standard InChI is InChI=1S/C24H22N4O3/c1-16-13-27(15-25-16)21-8-9-22-23(29)26(10-11-28(22)24(21)30)14-18-5-3-4-17-6-7-19(31-2)12-20(17)18/h3-9,12-13,15H,10-11,14H2,1-2H3. The van der Waals surface area contributed by atoms with E-state index in [9.17, 15) is 9.59 Å². The van der Waals surface area contributed by atoms with Gasteiger partial charge in [0.25, 0.3) is 11.5 Å². The van der Waals surface area contributed by atoms with Gasteiger partial charge in [-0.3, -0.25) is 9.59 Å². The van der Waals surface area contributed by atoms with Crippen LogP contribution < -0.4 is 10.3 Å². The predicted molar refractivity (Wildman–Crippen MR) is 118 cm³/mol. The molecule has 2 aromatic heterocycles. The van der Waals surface area contributed by atoms with Gasteiger partial charge in [0.15, 0.2) is 0 Å². The molecule has 0 radical (unpaired) electrons. The highest BCUT2D eigenvalue weighted by Crippen LogP contribution is 2.26. The molecule has 0 N–H and O–H groups in total. The Morgan fingerprint density at radius 3 is 2.71 bits per heavy atom. The summed E-state index contributed by atoms with van der Waals surface area (Å²) < 4.78 is 8.64. The number of aromatic nitrogens is 3. The van der Waals surface area contributed by atoms with Crippen LogP contribution in [0.25, 0.3) is 16.5 Å². The van der Waals surface area contributed by atoms with Crippen LogP contribution in [0.2, 0.25) is 0 Å². The van der Waals surface area contributed by atoms with Crippen molar-refractivity contribution in [1.29, 1.82) is 0 Å². The highest BCUT2D eigenvalue weighted by Gasteiger charge is 2.26. The summed E-state index contributed by atoms with van der Waals surface area (Å²) in [5.41, 5.74) is 2.60. The summed E-state index contributed by atoms with van der Waals surface area (Å²) in [5.74, 6) is 0.640. The maximum atomic E-state index is 13.2. The van der Waals surface area contributed by atoms with Gasteiger partial charge in [-0.05, 0) is 47.5 Å². The highest BCUT2D eigenvalue weighted by atomic mass is 16.5. The van der Waals surface area contributed by atoms with Crippen molar-refractivity contribution in [3.05, 3.63) is 88.4 Å². The molecule has 0 saturated heterocycles. The number of fused-ring (bicyclic) bond motifs is 2. The summed E-state index contributed by atoms with van der Waals surface area (Å²) >= 11 is 0. The van der Waals surface area contributed by atoms with E-state index in [1.54, 1.807) is 45.8 Å². The Morgan fingerprint density at radius 1 is 1.06 bits per heavy atom. The summed E-state index contributed by atoms with van der Waals surface area (Å²) in [6, 6.07) is 15.4. The Bertz CT molecular complexity index is 1370. The van der Waals surface area contributed by atoms with Crippen molar-refractivity contribution in [2.75, 3.05) is 13.7 Å². The smallest absolute Gasteiger partial charge is 0.275 e. The van der Waals surface area contributed by atoms with E-state index >= 15 is 0 Å². The minimum atomic E-state index is -0.183. The van der Waals surface area contributed by atoms with E-state index in [-0.39, 0.29) is 11.5 Å². The Morgan fingerprint density at radius 2 is 1.94 bits per heavy atom. The molecule has 0 fully saturated rings. The SMILES string of the molecule is COc1ccc2cccc(CN3CCn4c(ccc(-n5cnc(C)c5)c4=O)C3=O)c2c1. The molecule has 0 aliphatic carbocycles. The van der Waals surface area contributed by atoms with Crippen LogP contribution in [0.15, 0.2) is 65.8 Å². The van der Waals surface area contributed by atoms with Gasteiger partial charge in [-0.1, -0.05) is 24.3 Å². The monoisotopic (exact) mass is 414 g/mol. The van der Waals surface area contributed by atoms with Crippen LogP contribution in [0.4, 0.5) is 0 Å². The second-order valence-corrected chi connectivity index (χ2v) is 7.71. The number of aryl methyl sites for hydroxylation is 1. The maximum absolute atomic E-state index is 13.2. The van der Waals surface area contributed by atoms with Gasteiger partial charge in [-0.15, -0.1) is 0 Å². The van der Waals surface area contributed by atoms with Gasteiger partial charge in [0.1, 0.15) is 17.1 Å². The molecule has 1 aliphatic rings. The lowest BCUT2D eigenvalue weighted by molar-refractivity contribution is 0.0687. The number of methoxy groups -OCH3 is 1. The summed E-state index contributed by atoms with van der Waals surface area (Å²) in [4.78, 5) is 32.2. The van der Waals surface area contributed by atoms with Crippen LogP contribution in [0.5, 0.6) is 5.75 Å². The molecular weight excluding hydrogens is 392 g/mol. The number of imidazole rings is 1. The van der Waals surface area contributed by atoms with Gasteiger partial charge in [0.2, 0.25) is 0 Å². The summed E-state index contributed by atoms with van der Waals surface area (Å²) in [5, 5.41) is 2.16. The number of ether oxygens (including phenoxy) is 1. The third-order valence-electron chi connectivity index (χ3n) is 5.78. The van der Waals surface area contributed by atoms with Crippen molar-refractivity contribution in [3.63, 3.8) is 0 Å². The molecule has 5 rings (SSSR count). The Hall–Kier alpha value is -3.87. The van der Waals surface area contributed by atoms with E-state index < -0.39 is 0 Å². The highest BCUT2D eigenvalue weighted by molar-refractivity contribution is 5.94. The zero-order valence-corrected chi connectivity index (χ0v) is 17.4. The molecule has 2 aromatic carbocycles. The molecule has 0 spiro atoms. The molecule has 7 nitrogen and oxygen atoms in total. The largest absolute Gasteiger partial charge is 0.497 e. The van der Waals surface area contributed by atoms with E-state index in [0.29, 0.717) is 31.0 Å². The molecule has 7 heteroatoms. The third kappa shape index (κ3) is 3.28. The fourth-order valence-electron chi connectivity index (χ4n) is 4.15. The summed E-state index contributed by atoms with van der Waals surface area (Å²) in [6.07, 6.45) is 3.42. The molecule has 1 amide bonds. The summed E-state index contributed by atoms with van der Waals surface area (Å²) in [6.45, 7) is 3.27. The number of carbonyl (C=O) groups is 1. The van der Waals surface area contributed by atoms with Crippen molar-refractivity contribution in [1.82, 2.24) is 19.0 Å². The van der Waals surface area contributed by atoms with Crippen molar-refractivity contribution in [2.45, 2.75) is 20.0 Å². The van der Waals surface area contributed by atoms with Crippen LogP contribution in [0, 0.1) is 6.92 Å². The Balaban J connectivity index is 1.48. The number of pyridine rings is 1.